The third-order valence-electron chi connectivity index (χ3n) is 3.49. The van der Waals surface area contributed by atoms with Crippen molar-refractivity contribution in [2.45, 2.75) is 6.54 Å². The number of carbonyl (C=O) groups excluding carboxylic acids is 1. The number of thiocarbonyl (C=S) groups is 1. The molecule has 0 spiro atoms. The second kappa shape index (κ2) is 6.98. The summed E-state index contributed by atoms with van der Waals surface area (Å²) < 4.78 is 0.504. The molecule has 1 fully saturated rings. The molecule has 3 rings (SSSR count). The third kappa shape index (κ3) is 3.55. The number of hydrogen-bond donors (Lipinski definition) is 1. The molecule has 1 aliphatic heterocycles. The number of carbonyl (C=O) groups is 2. The monoisotopic (exact) mass is 355 g/mol. The largest absolute Gasteiger partial charge is 0.478 e. The van der Waals surface area contributed by atoms with Gasteiger partial charge in [-0.1, -0.05) is 66.4 Å². The van der Waals surface area contributed by atoms with Gasteiger partial charge < -0.3 is 5.11 Å². The molecule has 2 aromatic carbocycles. The van der Waals surface area contributed by atoms with Gasteiger partial charge in [-0.3, -0.25) is 9.69 Å². The van der Waals surface area contributed by atoms with Gasteiger partial charge in [0, 0.05) is 0 Å². The Hall–Kier alpha value is -2.44. The molecule has 0 atom stereocenters. The SMILES string of the molecule is O=C(O)c1cccc(C=C2SC(=S)N(Cc3ccccc3)C2=O)c1. The number of carboxylic acids is 1. The number of aromatic carboxylic acids is 1. The van der Waals surface area contributed by atoms with Gasteiger partial charge in [0.1, 0.15) is 4.32 Å². The van der Waals surface area contributed by atoms with Crippen LogP contribution < -0.4 is 0 Å². The molecular weight excluding hydrogens is 342 g/mol. The van der Waals surface area contributed by atoms with Gasteiger partial charge in [0.2, 0.25) is 0 Å². The Labute approximate surface area is 148 Å². The Morgan fingerprint density at radius 1 is 1.17 bits per heavy atom. The number of benzene rings is 2. The summed E-state index contributed by atoms with van der Waals surface area (Å²) in [5, 5.41) is 9.05. The van der Waals surface area contributed by atoms with Gasteiger partial charge in [0.15, 0.2) is 0 Å². The first kappa shape index (κ1) is 16.4. The topological polar surface area (TPSA) is 57.6 Å². The minimum atomic E-state index is -0.998. The summed E-state index contributed by atoms with van der Waals surface area (Å²) in [4.78, 5) is 25.7. The number of carboxylic acid groups (broad SMARTS) is 1. The summed E-state index contributed by atoms with van der Waals surface area (Å²) in [5.41, 5.74) is 1.85. The highest BCUT2D eigenvalue weighted by Gasteiger charge is 2.31. The Balaban J connectivity index is 1.83. The molecule has 0 saturated carbocycles. The fraction of sp³-hybridized carbons (Fsp3) is 0.0556. The maximum atomic E-state index is 12.6. The molecule has 6 heteroatoms. The van der Waals surface area contributed by atoms with Crippen molar-refractivity contribution in [3.63, 3.8) is 0 Å². The molecule has 1 amide bonds. The third-order valence-corrected chi connectivity index (χ3v) is 4.87. The fourth-order valence-corrected chi connectivity index (χ4v) is 3.57. The first-order valence-corrected chi connectivity index (χ1v) is 8.40. The summed E-state index contributed by atoms with van der Waals surface area (Å²) in [7, 11) is 0. The minimum Gasteiger partial charge on any atom is -0.478 e. The van der Waals surface area contributed by atoms with Gasteiger partial charge in [-0.15, -0.1) is 0 Å². The normalized spacial score (nSPS) is 16.0. The van der Waals surface area contributed by atoms with Crippen LogP contribution in [0.1, 0.15) is 21.5 Å². The smallest absolute Gasteiger partial charge is 0.335 e. The average Bonchev–Trinajstić information content (AvgIpc) is 2.83. The van der Waals surface area contributed by atoms with Crippen LogP contribution >= 0.6 is 24.0 Å². The van der Waals surface area contributed by atoms with E-state index in [1.165, 1.54) is 23.9 Å². The molecule has 1 heterocycles. The Bertz CT molecular complexity index is 846. The lowest BCUT2D eigenvalue weighted by Gasteiger charge is -2.14. The standard InChI is InChI=1S/C18H13NO3S2/c20-16-15(10-13-7-4-8-14(9-13)17(21)22)24-18(23)19(16)11-12-5-2-1-3-6-12/h1-10H,11H2,(H,21,22). The lowest BCUT2D eigenvalue weighted by atomic mass is 10.1. The van der Waals surface area contributed by atoms with Crippen LogP contribution in [0, 0.1) is 0 Å². The lowest BCUT2D eigenvalue weighted by molar-refractivity contribution is -0.122. The van der Waals surface area contributed by atoms with Crippen LogP contribution in [-0.2, 0) is 11.3 Å². The van der Waals surface area contributed by atoms with E-state index < -0.39 is 5.97 Å². The van der Waals surface area contributed by atoms with E-state index in [4.69, 9.17) is 17.3 Å². The summed E-state index contributed by atoms with van der Waals surface area (Å²) in [6.07, 6.45) is 1.68. The molecular formula is C18H13NO3S2. The quantitative estimate of drug-likeness (QED) is 0.668. The highest BCUT2D eigenvalue weighted by atomic mass is 32.2. The highest BCUT2D eigenvalue weighted by molar-refractivity contribution is 8.26. The zero-order valence-corrected chi connectivity index (χ0v) is 14.1. The van der Waals surface area contributed by atoms with Gasteiger partial charge in [-0.05, 0) is 29.3 Å². The maximum Gasteiger partial charge on any atom is 0.335 e. The predicted octanol–water partition coefficient (Wildman–Crippen LogP) is 3.79. The highest BCUT2D eigenvalue weighted by Crippen LogP contribution is 2.33. The van der Waals surface area contributed by atoms with Crippen molar-refractivity contribution >= 4 is 46.3 Å². The van der Waals surface area contributed by atoms with Crippen molar-refractivity contribution < 1.29 is 14.7 Å². The molecule has 0 bridgehead atoms. The van der Waals surface area contributed by atoms with E-state index in [9.17, 15) is 9.59 Å². The van der Waals surface area contributed by atoms with Gasteiger partial charge >= 0.3 is 5.97 Å². The van der Waals surface area contributed by atoms with Crippen molar-refractivity contribution in [3.05, 3.63) is 76.2 Å². The van der Waals surface area contributed by atoms with Crippen molar-refractivity contribution in [2.75, 3.05) is 0 Å². The van der Waals surface area contributed by atoms with Gasteiger partial charge in [0.05, 0.1) is 17.0 Å². The Morgan fingerprint density at radius 2 is 1.92 bits per heavy atom. The molecule has 120 valence electrons. The summed E-state index contributed by atoms with van der Waals surface area (Å²) in [6, 6.07) is 16.1. The van der Waals surface area contributed by atoms with E-state index in [0.717, 1.165) is 5.56 Å². The molecule has 1 saturated heterocycles. The molecule has 1 N–H and O–H groups in total. The summed E-state index contributed by atoms with van der Waals surface area (Å²) >= 11 is 6.54. The van der Waals surface area contributed by atoms with Crippen LogP contribution in [-0.4, -0.2) is 26.2 Å². The van der Waals surface area contributed by atoms with E-state index in [1.54, 1.807) is 23.1 Å². The molecule has 0 aliphatic carbocycles. The Morgan fingerprint density at radius 3 is 2.62 bits per heavy atom. The van der Waals surface area contributed by atoms with E-state index in [0.29, 0.717) is 21.3 Å². The van der Waals surface area contributed by atoms with Crippen LogP contribution in [0.25, 0.3) is 6.08 Å². The number of thioether (sulfide) groups is 1. The predicted molar refractivity (Wildman–Crippen MR) is 98.6 cm³/mol. The second-order valence-electron chi connectivity index (χ2n) is 5.18. The summed E-state index contributed by atoms with van der Waals surface area (Å²) in [5.74, 6) is -1.16. The zero-order chi connectivity index (χ0) is 17.1. The van der Waals surface area contributed by atoms with Crippen molar-refractivity contribution in [3.8, 4) is 0 Å². The van der Waals surface area contributed by atoms with E-state index in [2.05, 4.69) is 0 Å². The van der Waals surface area contributed by atoms with Crippen molar-refractivity contribution in [1.29, 1.82) is 0 Å². The van der Waals surface area contributed by atoms with Crippen LogP contribution in [0.15, 0.2) is 59.5 Å². The minimum absolute atomic E-state index is 0.158. The fourth-order valence-electron chi connectivity index (χ4n) is 2.32. The van der Waals surface area contributed by atoms with Crippen molar-refractivity contribution in [1.82, 2.24) is 4.90 Å². The van der Waals surface area contributed by atoms with Crippen LogP contribution in [0.3, 0.4) is 0 Å². The number of rotatable bonds is 4. The van der Waals surface area contributed by atoms with Gasteiger partial charge in [-0.2, -0.15) is 0 Å². The number of hydrogen-bond acceptors (Lipinski definition) is 4. The molecule has 0 unspecified atom stereocenters. The molecule has 24 heavy (non-hydrogen) atoms. The first-order chi connectivity index (χ1) is 11.5. The number of amides is 1. The molecule has 2 aromatic rings. The molecule has 1 aliphatic rings. The molecule has 0 radical (unpaired) electrons. The van der Waals surface area contributed by atoms with E-state index >= 15 is 0 Å². The van der Waals surface area contributed by atoms with Crippen LogP contribution in [0.4, 0.5) is 0 Å². The average molecular weight is 355 g/mol. The zero-order valence-electron chi connectivity index (χ0n) is 12.5. The molecule has 0 aromatic heterocycles. The van der Waals surface area contributed by atoms with Gasteiger partial charge in [0.25, 0.3) is 5.91 Å². The first-order valence-electron chi connectivity index (χ1n) is 7.17. The van der Waals surface area contributed by atoms with Crippen LogP contribution in [0.2, 0.25) is 0 Å². The number of nitrogens with zero attached hydrogens (tertiary/aromatic N) is 1. The summed E-state index contributed by atoms with van der Waals surface area (Å²) in [6.45, 7) is 0.429. The maximum absolute atomic E-state index is 12.6. The Kier molecular flexibility index (Phi) is 4.78. The van der Waals surface area contributed by atoms with E-state index in [1.807, 2.05) is 30.3 Å². The second-order valence-corrected chi connectivity index (χ2v) is 6.86. The van der Waals surface area contributed by atoms with Crippen molar-refractivity contribution in [2.24, 2.45) is 0 Å². The van der Waals surface area contributed by atoms with Crippen LogP contribution in [0.5, 0.6) is 0 Å². The lowest BCUT2D eigenvalue weighted by Crippen LogP contribution is -2.27. The van der Waals surface area contributed by atoms with Gasteiger partial charge in [-0.25, -0.2) is 4.79 Å². The molecule has 4 nitrogen and oxygen atoms in total. The van der Waals surface area contributed by atoms with E-state index in [-0.39, 0.29) is 11.5 Å².